The first-order chi connectivity index (χ1) is 6.77. The van der Waals surface area contributed by atoms with Gasteiger partial charge in [-0.2, -0.15) is 0 Å². The van der Waals surface area contributed by atoms with Crippen LogP contribution < -0.4 is 0 Å². The van der Waals surface area contributed by atoms with E-state index in [9.17, 15) is 14.4 Å². The van der Waals surface area contributed by atoms with Crippen LogP contribution in [0.5, 0.6) is 0 Å². The first-order valence-electron chi connectivity index (χ1n) is 4.43. The van der Waals surface area contributed by atoms with Gasteiger partial charge in [-0.1, -0.05) is 13.5 Å². The van der Waals surface area contributed by atoms with Gasteiger partial charge in [0.15, 0.2) is 0 Å². The number of carbonyl (C=O) groups excluding carboxylic acids is 1. The number of carboxylic acids is 2. The Morgan fingerprint density at radius 1 is 1.27 bits per heavy atom. The van der Waals surface area contributed by atoms with Crippen molar-refractivity contribution in [1.29, 1.82) is 0 Å². The molecule has 0 amide bonds. The zero-order valence-electron chi connectivity index (χ0n) is 8.74. The molecule has 5 heteroatoms. The fraction of sp³-hybridized carbons (Fsp3) is 0.500. The smallest absolute Gasteiger partial charge is 0.332 e. The SMILES string of the molecule is C=C(C(=O)O)C(CC)(CC(C)=O)C(=O)O. The van der Waals surface area contributed by atoms with Crippen molar-refractivity contribution in [2.24, 2.45) is 5.41 Å². The van der Waals surface area contributed by atoms with Gasteiger partial charge in [-0.15, -0.1) is 0 Å². The van der Waals surface area contributed by atoms with Gasteiger partial charge in [-0.3, -0.25) is 9.59 Å². The molecule has 0 heterocycles. The quantitative estimate of drug-likeness (QED) is 0.645. The Balaban J connectivity index is 5.34. The average molecular weight is 214 g/mol. The Hall–Kier alpha value is -1.65. The Bertz CT molecular complexity index is 318. The fourth-order valence-electron chi connectivity index (χ4n) is 1.43. The van der Waals surface area contributed by atoms with Crippen molar-refractivity contribution >= 4 is 17.7 Å². The van der Waals surface area contributed by atoms with Crippen LogP contribution in [-0.4, -0.2) is 27.9 Å². The standard InChI is InChI=1S/C10H14O5/c1-4-10(9(14)15,5-6(2)11)7(3)8(12)13/h3-5H2,1-2H3,(H,12,13)(H,14,15). The van der Waals surface area contributed by atoms with Crippen LogP contribution in [0.4, 0.5) is 0 Å². The molecule has 1 unspecified atom stereocenters. The van der Waals surface area contributed by atoms with E-state index in [1.165, 1.54) is 13.8 Å². The molecular weight excluding hydrogens is 200 g/mol. The Labute approximate surface area is 87.4 Å². The lowest BCUT2D eigenvalue weighted by Gasteiger charge is -2.26. The number of hydrogen-bond acceptors (Lipinski definition) is 3. The van der Waals surface area contributed by atoms with E-state index in [0.29, 0.717) is 0 Å². The van der Waals surface area contributed by atoms with E-state index in [0.717, 1.165) is 0 Å². The normalized spacial score (nSPS) is 14.0. The van der Waals surface area contributed by atoms with Gasteiger partial charge in [-0.25, -0.2) is 4.79 Å². The van der Waals surface area contributed by atoms with Gasteiger partial charge in [0.25, 0.3) is 0 Å². The van der Waals surface area contributed by atoms with Gasteiger partial charge in [0.1, 0.15) is 11.2 Å². The van der Waals surface area contributed by atoms with Crippen molar-refractivity contribution in [2.75, 3.05) is 0 Å². The van der Waals surface area contributed by atoms with Crippen LogP contribution in [0.1, 0.15) is 26.7 Å². The molecule has 0 saturated heterocycles. The first-order valence-corrected chi connectivity index (χ1v) is 4.43. The summed E-state index contributed by atoms with van der Waals surface area (Å²) >= 11 is 0. The van der Waals surface area contributed by atoms with E-state index in [-0.39, 0.29) is 18.6 Å². The second-order valence-electron chi connectivity index (χ2n) is 3.40. The van der Waals surface area contributed by atoms with Crippen molar-refractivity contribution < 1.29 is 24.6 Å². The molecule has 2 N–H and O–H groups in total. The van der Waals surface area contributed by atoms with Gasteiger partial charge < -0.3 is 10.2 Å². The van der Waals surface area contributed by atoms with E-state index in [4.69, 9.17) is 10.2 Å². The molecular formula is C10H14O5. The van der Waals surface area contributed by atoms with Gasteiger partial charge >= 0.3 is 11.9 Å². The highest BCUT2D eigenvalue weighted by atomic mass is 16.4. The summed E-state index contributed by atoms with van der Waals surface area (Å²) in [5.74, 6) is -3.09. The molecule has 0 aromatic rings. The van der Waals surface area contributed by atoms with Crippen molar-refractivity contribution in [3.05, 3.63) is 12.2 Å². The highest BCUT2D eigenvalue weighted by Gasteiger charge is 2.43. The maximum Gasteiger partial charge on any atom is 0.332 e. The second-order valence-corrected chi connectivity index (χ2v) is 3.40. The van der Waals surface area contributed by atoms with E-state index in [2.05, 4.69) is 6.58 Å². The lowest BCUT2D eigenvalue weighted by atomic mass is 9.74. The minimum absolute atomic E-state index is 0.0209. The summed E-state index contributed by atoms with van der Waals surface area (Å²) in [4.78, 5) is 32.7. The Morgan fingerprint density at radius 3 is 1.93 bits per heavy atom. The van der Waals surface area contributed by atoms with E-state index in [1.807, 2.05) is 0 Å². The fourth-order valence-corrected chi connectivity index (χ4v) is 1.43. The largest absolute Gasteiger partial charge is 0.481 e. The van der Waals surface area contributed by atoms with Crippen LogP contribution in [-0.2, 0) is 14.4 Å². The molecule has 0 aliphatic rings. The maximum atomic E-state index is 11.1. The molecule has 0 aliphatic heterocycles. The number of aliphatic carboxylic acids is 2. The number of ketones is 1. The molecule has 0 aromatic heterocycles. The van der Waals surface area contributed by atoms with Gasteiger partial charge in [0.05, 0.1) is 0 Å². The predicted octanol–water partition coefficient (Wildman–Crippen LogP) is 1.09. The monoisotopic (exact) mass is 214 g/mol. The summed E-state index contributed by atoms with van der Waals surface area (Å²) in [7, 11) is 0. The highest BCUT2D eigenvalue weighted by Crippen LogP contribution is 2.35. The minimum Gasteiger partial charge on any atom is -0.481 e. The summed E-state index contributed by atoms with van der Waals surface area (Å²) in [6, 6.07) is 0. The summed E-state index contributed by atoms with van der Waals surface area (Å²) in [5.41, 5.74) is -2.13. The second kappa shape index (κ2) is 4.72. The lowest BCUT2D eigenvalue weighted by molar-refractivity contribution is -0.152. The number of rotatable bonds is 6. The molecule has 0 aliphatic carbocycles. The van der Waals surface area contributed by atoms with Gasteiger partial charge in [0.2, 0.25) is 0 Å². The predicted molar refractivity (Wildman–Crippen MR) is 52.4 cm³/mol. The van der Waals surface area contributed by atoms with Gasteiger partial charge in [-0.05, 0) is 13.3 Å². The number of carbonyl (C=O) groups is 3. The number of hydrogen-bond donors (Lipinski definition) is 2. The van der Waals surface area contributed by atoms with Crippen LogP contribution in [0, 0.1) is 5.41 Å². The lowest BCUT2D eigenvalue weighted by Crippen LogP contribution is -2.37. The molecule has 0 radical (unpaired) electrons. The van der Waals surface area contributed by atoms with Crippen LogP contribution in [0.25, 0.3) is 0 Å². The highest BCUT2D eigenvalue weighted by molar-refractivity contribution is 5.98. The summed E-state index contributed by atoms with van der Waals surface area (Å²) in [6.45, 7) is 5.98. The molecule has 84 valence electrons. The van der Waals surface area contributed by atoms with Crippen molar-refractivity contribution in [3.8, 4) is 0 Å². The Kier molecular flexibility index (Phi) is 4.21. The number of carboxylic acid groups (broad SMARTS) is 2. The van der Waals surface area contributed by atoms with Gasteiger partial charge in [0, 0.05) is 12.0 Å². The van der Waals surface area contributed by atoms with E-state index in [1.54, 1.807) is 0 Å². The molecule has 1 atom stereocenters. The molecule has 0 bridgehead atoms. The molecule has 0 spiro atoms. The third kappa shape index (κ3) is 2.65. The maximum absolute atomic E-state index is 11.1. The molecule has 5 nitrogen and oxygen atoms in total. The third-order valence-corrected chi connectivity index (χ3v) is 2.40. The number of Topliss-reactive ketones (excluding diaryl/α,β-unsaturated/α-hetero) is 1. The van der Waals surface area contributed by atoms with Crippen LogP contribution in [0.15, 0.2) is 12.2 Å². The first kappa shape index (κ1) is 13.4. The van der Waals surface area contributed by atoms with Crippen molar-refractivity contribution in [1.82, 2.24) is 0 Å². The average Bonchev–Trinajstić information content (AvgIpc) is 2.12. The molecule has 0 aromatic carbocycles. The van der Waals surface area contributed by atoms with Crippen LogP contribution in [0.3, 0.4) is 0 Å². The topological polar surface area (TPSA) is 91.7 Å². The minimum atomic E-state index is -1.68. The van der Waals surface area contributed by atoms with E-state index >= 15 is 0 Å². The molecule has 0 saturated carbocycles. The van der Waals surface area contributed by atoms with Crippen LogP contribution >= 0.6 is 0 Å². The molecule has 0 fully saturated rings. The Morgan fingerprint density at radius 2 is 1.73 bits per heavy atom. The molecule has 0 rings (SSSR count). The summed E-state index contributed by atoms with van der Waals surface area (Å²) < 4.78 is 0. The van der Waals surface area contributed by atoms with Crippen molar-refractivity contribution in [2.45, 2.75) is 26.7 Å². The van der Waals surface area contributed by atoms with Crippen molar-refractivity contribution in [3.63, 3.8) is 0 Å². The zero-order valence-corrected chi connectivity index (χ0v) is 8.74. The summed E-state index contributed by atoms with van der Waals surface area (Å²) in [6.07, 6.45) is -0.322. The third-order valence-electron chi connectivity index (χ3n) is 2.40. The van der Waals surface area contributed by atoms with Crippen LogP contribution in [0.2, 0.25) is 0 Å². The molecule has 15 heavy (non-hydrogen) atoms. The summed E-state index contributed by atoms with van der Waals surface area (Å²) in [5, 5.41) is 17.8. The van der Waals surface area contributed by atoms with E-state index < -0.39 is 22.9 Å². The zero-order chi connectivity index (χ0) is 12.2.